The van der Waals surface area contributed by atoms with Crippen molar-refractivity contribution < 1.29 is 4.79 Å². The molecule has 0 saturated carbocycles. The van der Waals surface area contributed by atoms with E-state index in [1.54, 1.807) is 14.1 Å². The van der Waals surface area contributed by atoms with Crippen LogP contribution in [0.1, 0.15) is 27.0 Å². The number of nitrogens with zero attached hydrogens (tertiary/aromatic N) is 1. The molecule has 1 amide bonds. The quantitative estimate of drug-likeness (QED) is 0.529. The molecule has 138 valence electrons. The lowest BCUT2D eigenvalue weighted by atomic mass is 10.1. The standard InChI is InChI=1S/C21H28N4O/c1-16-7-9-17(10-8-16)11-13-24-21(23-3)25-14-12-18-5-4-6-19(15-18)20(26)22-2/h4-10,15H,11-14H2,1-3H3,(H,22,26)(H2,23,24,25). The molecule has 2 rings (SSSR count). The van der Waals surface area contributed by atoms with Crippen molar-refractivity contribution in [3.63, 3.8) is 0 Å². The largest absolute Gasteiger partial charge is 0.356 e. The maximum Gasteiger partial charge on any atom is 0.251 e. The monoisotopic (exact) mass is 352 g/mol. The highest BCUT2D eigenvalue weighted by atomic mass is 16.1. The van der Waals surface area contributed by atoms with Crippen LogP contribution < -0.4 is 16.0 Å². The summed E-state index contributed by atoms with van der Waals surface area (Å²) in [6, 6.07) is 16.3. The van der Waals surface area contributed by atoms with Gasteiger partial charge in [0.15, 0.2) is 5.96 Å². The molecule has 0 spiro atoms. The van der Waals surface area contributed by atoms with Crippen LogP contribution in [0.25, 0.3) is 0 Å². The predicted molar refractivity (Wildman–Crippen MR) is 108 cm³/mol. The number of carbonyl (C=O) groups is 1. The van der Waals surface area contributed by atoms with Crippen LogP contribution in [-0.4, -0.2) is 39.1 Å². The van der Waals surface area contributed by atoms with Crippen molar-refractivity contribution in [3.8, 4) is 0 Å². The fourth-order valence-electron chi connectivity index (χ4n) is 2.64. The predicted octanol–water partition coefficient (Wildman–Crippen LogP) is 2.30. The molecule has 0 aromatic heterocycles. The molecule has 26 heavy (non-hydrogen) atoms. The smallest absolute Gasteiger partial charge is 0.251 e. The summed E-state index contributed by atoms with van der Waals surface area (Å²) in [5, 5.41) is 9.29. The molecule has 0 atom stereocenters. The number of carbonyl (C=O) groups excluding carboxylic acids is 1. The Morgan fingerprint density at radius 3 is 2.23 bits per heavy atom. The van der Waals surface area contributed by atoms with Crippen LogP contribution in [0.5, 0.6) is 0 Å². The summed E-state index contributed by atoms with van der Waals surface area (Å²) in [6.45, 7) is 3.68. The summed E-state index contributed by atoms with van der Waals surface area (Å²) in [4.78, 5) is 15.9. The fourth-order valence-corrected chi connectivity index (χ4v) is 2.64. The number of nitrogens with one attached hydrogen (secondary N) is 3. The Bertz CT molecular complexity index is 738. The van der Waals surface area contributed by atoms with Crippen molar-refractivity contribution in [2.24, 2.45) is 4.99 Å². The molecule has 2 aromatic carbocycles. The van der Waals surface area contributed by atoms with Gasteiger partial charge < -0.3 is 16.0 Å². The minimum Gasteiger partial charge on any atom is -0.356 e. The first-order valence-electron chi connectivity index (χ1n) is 8.93. The minimum atomic E-state index is -0.0617. The third-order valence-electron chi connectivity index (χ3n) is 4.17. The Hall–Kier alpha value is -2.82. The zero-order chi connectivity index (χ0) is 18.8. The molecule has 0 unspecified atom stereocenters. The van der Waals surface area contributed by atoms with E-state index < -0.39 is 0 Å². The van der Waals surface area contributed by atoms with E-state index in [0.717, 1.165) is 37.5 Å². The van der Waals surface area contributed by atoms with Gasteiger partial charge in [-0.15, -0.1) is 0 Å². The molecular weight excluding hydrogens is 324 g/mol. The summed E-state index contributed by atoms with van der Waals surface area (Å²) < 4.78 is 0. The van der Waals surface area contributed by atoms with Gasteiger partial charge in [0.2, 0.25) is 0 Å². The van der Waals surface area contributed by atoms with Crippen LogP contribution in [0.2, 0.25) is 0 Å². The van der Waals surface area contributed by atoms with Crippen molar-refractivity contribution in [2.45, 2.75) is 19.8 Å². The van der Waals surface area contributed by atoms with Gasteiger partial charge in [-0.25, -0.2) is 0 Å². The van der Waals surface area contributed by atoms with Gasteiger partial charge in [-0.3, -0.25) is 9.79 Å². The Kier molecular flexibility index (Phi) is 7.68. The highest BCUT2D eigenvalue weighted by molar-refractivity contribution is 5.94. The minimum absolute atomic E-state index is 0.0617. The maximum absolute atomic E-state index is 11.7. The van der Waals surface area contributed by atoms with E-state index >= 15 is 0 Å². The second kappa shape index (κ2) is 10.2. The van der Waals surface area contributed by atoms with Crippen LogP contribution in [-0.2, 0) is 12.8 Å². The van der Waals surface area contributed by atoms with Crippen LogP contribution >= 0.6 is 0 Å². The Balaban J connectivity index is 1.75. The van der Waals surface area contributed by atoms with E-state index in [9.17, 15) is 4.79 Å². The van der Waals surface area contributed by atoms with Gasteiger partial charge in [-0.05, 0) is 43.0 Å². The first-order valence-corrected chi connectivity index (χ1v) is 8.93. The van der Waals surface area contributed by atoms with Gasteiger partial charge in [0.1, 0.15) is 0 Å². The van der Waals surface area contributed by atoms with Crippen molar-refractivity contribution in [3.05, 3.63) is 70.8 Å². The summed E-state index contributed by atoms with van der Waals surface area (Å²) >= 11 is 0. The lowest BCUT2D eigenvalue weighted by Crippen LogP contribution is -2.39. The fraction of sp³-hybridized carbons (Fsp3) is 0.333. The lowest BCUT2D eigenvalue weighted by Gasteiger charge is -2.12. The summed E-state index contributed by atoms with van der Waals surface area (Å²) in [7, 11) is 3.41. The van der Waals surface area contributed by atoms with E-state index in [0.29, 0.717) is 5.56 Å². The highest BCUT2D eigenvalue weighted by Crippen LogP contribution is 2.06. The molecule has 5 heteroatoms. The molecule has 0 fully saturated rings. The normalized spacial score (nSPS) is 11.1. The molecule has 0 aliphatic heterocycles. The van der Waals surface area contributed by atoms with Gasteiger partial charge in [-0.2, -0.15) is 0 Å². The number of aryl methyl sites for hydroxylation is 1. The molecule has 0 bridgehead atoms. The van der Waals surface area contributed by atoms with Crippen molar-refractivity contribution in [1.29, 1.82) is 0 Å². The van der Waals surface area contributed by atoms with Crippen molar-refractivity contribution in [2.75, 3.05) is 27.2 Å². The number of guanidine groups is 1. The van der Waals surface area contributed by atoms with Crippen LogP contribution in [0.3, 0.4) is 0 Å². The van der Waals surface area contributed by atoms with E-state index in [-0.39, 0.29) is 5.91 Å². The van der Waals surface area contributed by atoms with E-state index in [2.05, 4.69) is 52.1 Å². The Morgan fingerprint density at radius 2 is 1.62 bits per heavy atom. The summed E-state index contributed by atoms with van der Waals surface area (Å²) in [5.41, 5.74) is 4.39. The molecule has 3 N–H and O–H groups in total. The average Bonchev–Trinajstić information content (AvgIpc) is 2.67. The van der Waals surface area contributed by atoms with E-state index in [1.165, 1.54) is 11.1 Å². The topological polar surface area (TPSA) is 65.5 Å². The Morgan fingerprint density at radius 1 is 0.962 bits per heavy atom. The molecule has 2 aromatic rings. The highest BCUT2D eigenvalue weighted by Gasteiger charge is 2.04. The number of hydrogen-bond acceptors (Lipinski definition) is 2. The first-order chi connectivity index (χ1) is 12.6. The van der Waals surface area contributed by atoms with Gasteiger partial charge in [-0.1, -0.05) is 42.0 Å². The molecule has 0 saturated heterocycles. The number of hydrogen-bond donors (Lipinski definition) is 3. The average molecular weight is 352 g/mol. The Labute approximate surface area is 155 Å². The summed E-state index contributed by atoms with van der Waals surface area (Å²) in [6.07, 6.45) is 1.78. The van der Waals surface area contributed by atoms with Gasteiger partial charge in [0.25, 0.3) is 5.91 Å². The van der Waals surface area contributed by atoms with E-state index in [1.807, 2.05) is 24.3 Å². The van der Waals surface area contributed by atoms with Gasteiger partial charge >= 0.3 is 0 Å². The molecule has 0 radical (unpaired) electrons. The molecular formula is C21H28N4O. The number of aliphatic imine (C=N–C) groups is 1. The zero-order valence-corrected chi connectivity index (χ0v) is 15.8. The number of benzene rings is 2. The third kappa shape index (κ3) is 6.24. The van der Waals surface area contributed by atoms with Gasteiger partial charge in [0.05, 0.1) is 0 Å². The van der Waals surface area contributed by atoms with Gasteiger partial charge in [0, 0.05) is 32.7 Å². The first kappa shape index (κ1) is 19.5. The molecule has 5 nitrogen and oxygen atoms in total. The lowest BCUT2D eigenvalue weighted by molar-refractivity contribution is 0.0963. The SMILES string of the molecule is CN=C(NCCc1ccc(C)cc1)NCCc1cccc(C(=O)NC)c1. The number of rotatable bonds is 7. The molecule has 0 aliphatic carbocycles. The molecule has 0 heterocycles. The molecule has 0 aliphatic rings. The summed E-state index contributed by atoms with van der Waals surface area (Å²) in [5.74, 6) is 0.730. The van der Waals surface area contributed by atoms with Crippen molar-refractivity contribution in [1.82, 2.24) is 16.0 Å². The second-order valence-corrected chi connectivity index (χ2v) is 6.19. The van der Waals surface area contributed by atoms with Crippen LogP contribution in [0.4, 0.5) is 0 Å². The van der Waals surface area contributed by atoms with Crippen LogP contribution in [0, 0.1) is 6.92 Å². The number of amides is 1. The second-order valence-electron chi connectivity index (χ2n) is 6.19. The maximum atomic E-state index is 11.7. The van der Waals surface area contributed by atoms with E-state index in [4.69, 9.17) is 0 Å². The third-order valence-corrected chi connectivity index (χ3v) is 4.17. The van der Waals surface area contributed by atoms with Crippen LogP contribution in [0.15, 0.2) is 53.5 Å². The van der Waals surface area contributed by atoms with Crippen molar-refractivity contribution >= 4 is 11.9 Å². The zero-order valence-electron chi connectivity index (χ0n) is 15.8.